The molecule has 14 aromatic carbocycles. The van der Waals surface area contributed by atoms with Crippen molar-refractivity contribution in [3.05, 3.63) is 368 Å². The van der Waals surface area contributed by atoms with Crippen LogP contribution in [-0.2, 0) is 37.9 Å². The van der Waals surface area contributed by atoms with Crippen molar-refractivity contribution in [3.63, 3.8) is 0 Å². The molecule has 0 bridgehead atoms. The van der Waals surface area contributed by atoms with E-state index in [9.17, 15) is 0 Å². The molecule has 0 aliphatic heterocycles. The lowest BCUT2D eigenvalue weighted by atomic mass is 9.79. The zero-order chi connectivity index (χ0) is 108. The van der Waals surface area contributed by atoms with E-state index in [-0.39, 0.29) is 37.9 Å². The third-order valence-electron chi connectivity index (χ3n) is 30.6. The van der Waals surface area contributed by atoms with Gasteiger partial charge in [0, 0.05) is 75.4 Å². The topological polar surface area (TPSA) is 90.2 Å². The second-order valence-corrected chi connectivity index (χ2v) is 49.9. The number of aryl methyl sites for hydroxylation is 19. The summed E-state index contributed by atoms with van der Waals surface area (Å²) in [6.07, 6.45) is 0. The lowest BCUT2D eigenvalue weighted by Gasteiger charge is -2.26. The Morgan fingerprint density at radius 1 is 0.136 bits per heavy atom. The van der Waals surface area contributed by atoms with E-state index in [1.54, 1.807) is 0 Å². The molecule has 0 radical (unpaired) electrons. The first-order valence-electron chi connectivity index (χ1n) is 53.2. The summed E-state index contributed by atoms with van der Waals surface area (Å²) in [6.45, 7) is 94.2. The number of nitrogens with zero attached hydrogens (tertiary/aromatic N) is 7. The summed E-state index contributed by atoms with van der Waals surface area (Å²) in [4.78, 5) is 34.6. The third-order valence-corrected chi connectivity index (χ3v) is 30.6. The average molecular weight is 1940 g/mol. The van der Waals surface area contributed by atoms with Gasteiger partial charge in [0.2, 0.25) is 0 Å². The van der Waals surface area contributed by atoms with E-state index in [4.69, 9.17) is 34.9 Å². The Labute approximate surface area is 878 Å². The standard InChI is InChI=1S/2C21H25N.3C20H23N.2C19H21N/c1-12-9-8-10-17-18(12)19(21(5,6)7)16-11-13(2)14(3)15(4)20(16)22-17;1-12-9-8-10-16-18(12)20(21(5,6)7)19-15(4)14(3)13(2)11-17(19)22-16;1-12-10-14(3)18-16(11-12)21-15-9-7-8-13(2)17(15)19(18)20(4,5)6;1-12-10-11-16-18(14(12)3)19(20(4,5)6)17-13(2)8-7-9-15(17)21-16;1-12-8-7-9-15-16(12)18(20(4,5)6)17-13(2)10-11-14(3)19(17)21-15;1-12-8-7-11-15-16(12)17(19(3,4)5)14-10-6-9-13(2)18(14)20-15;1-12-9-10-14-16(11-12)20-15-8-6-7-13(2)17(15)18(14)19(3,4)5/h2*8-11H,1-7H3;3*7-11H,1-6H3;2*6-11H,1-5H3. The van der Waals surface area contributed by atoms with Crippen LogP contribution in [0.15, 0.2) is 212 Å². The molecule has 21 rings (SSSR count). The zero-order valence-electron chi connectivity index (χ0n) is 96.8. The predicted molar refractivity (Wildman–Crippen MR) is 645 cm³/mol. The van der Waals surface area contributed by atoms with Gasteiger partial charge in [-0.05, 0) is 412 Å². The molecule has 0 aliphatic carbocycles. The number of aromatic nitrogens is 7. The summed E-state index contributed by atoms with van der Waals surface area (Å²) in [5, 5.41) is 18.5. The van der Waals surface area contributed by atoms with E-state index < -0.39 is 0 Å². The summed E-state index contributed by atoms with van der Waals surface area (Å²) in [6, 6.07) is 75.9. The number of rotatable bonds is 0. The van der Waals surface area contributed by atoms with Crippen LogP contribution in [0.25, 0.3) is 153 Å². The Bertz CT molecular complexity index is 8810. The fourth-order valence-corrected chi connectivity index (χ4v) is 23.3. The maximum absolute atomic E-state index is 5.01. The molecule has 147 heavy (non-hydrogen) atoms. The van der Waals surface area contributed by atoms with E-state index in [1.165, 1.54) is 231 Å². The number of benzene rings is 14. The maximum Gasteiger partial charge on any atom is 0.0744 e. The summed E-state index contributed by atoms with van der Waals surface area (Å²) in [7, 11) is 0. The van der Waals surface area contributed by atoms with Crippen LogP contribution in [0.3, 0.4) is 0 Å². The minimum atomic E-state index is 0.0814. The molecular weight excluding hydrogens is 1780 g/mol. The molecule has 0 amide bonds. The van der Waals surface area contributed by atoms with Gasteiger partial charge in [0.25, 0.3) is 0 Å². The van der Waals surface area contributed by atoms with Gasteiger partial charge in [0.05, 0.1) is 77.2 Å². The fourth-order valence-electron chi connectivity index (χ4n) is 23.3. The van der Waals surface area contributed by atoms with Crippen molar-refractivity contribution in [2.45, 2.75) is 329 Å². The SMILES string of the molecule is Cc1cc(C)c2c(C(C)(C)C)c3c(C)cccc3nc2c1.Cc1cc2c(C(C)(C)C)c3c(C)cccc3nc2c(C)c1C.Cc1cc2nc3cccc(C)c3c(C(C)(C)C)c2c(C)c1C.Cc1ccc(C)c2c(C(C)(C)C)c3c(C)cccc3nc12.Cc1ccc2c(C(C)(C)C)c3c(C)cccc3nc2c1.Cc1ccc2nc3cccc(C)c3c(C(C)(C)C)c2c1C.Cc1cccc2c(C(C)(C)C)c3c(C)cccc3nc12. The molecule has 0 saturated carbocycles. The number of fused-ring (bicyclic) bond motifs is 14. The first-order chi connectivity index (χ1) is 68.6. The first-order valence-corrected chi connectivity index (χ1v) is 53.2. The second-order valence-electron chi connectivity index (χ2n) is 49.9. The van der Waals surface area contributed by atoms with Crippen LogP contribution in [0.1, 0.15) is 301 Å². The highest BCUT2D eigenvalue weighted by molar-refractivity contribution is 6.09. The first kappa shape index (κ1) is 108. The van der Waals surface area contributed by atoms with Gasteiger partial charge in [-0.1, -0.05) is 285 Å². The maximum atomic E-state index is 5.01. The second kappa shape index (κ2) is 40.4. The van der Waals surface area contributed by atoms with Crippen molar-refractivity contribution in [2.75, 3.05) is 0 Å². The monoisotopic (exact) mass is 1940 g/mol. The van der Waals surface area contributed by atoms with E-state index in [0.717, 1.165) is 77.2 Å². The van der Waals surface area contributed by atoms with Crippen molar-refractivity contribution >= 4 is 153 Å². The van der Waals surface area contributed by atoms with Crippen LogP contribution in [0.5, 0.6) is 0 Å². The third kappa shape index (κ3) is 21.1. The molecular formula is C140H161N7. The van der Waals surface area contributed by atoms with E-state index in [1.807, 2.05) is 0 Å². The van der Waals surface area contributed by atoms with Gasteiger partial charge < -0.3 is 0 Å². The molecule has 21 aromatic rings. The Balaban J connectivity index is 0.000000129. The number of hydrogen-bond acceptors (Lipinski definition) is 7. The molecule has 0 saturated heterocycles. The Hall–Kier alpha value is -13.2. The van der Waals surface area contributed by atoms with E-state index in [0.29, 0.717) is 0 Å². The highest BCUT2D eigenvalue weighted by Crippen LogP contribution is 2.48. The van der Waals surface area contributed by atoms with Crippen LogP contribution in [-0.4, -0.2) is 34.9 Å². The lowest BCUT2D eigenvalue weighted by molar-refractivity contribution is 0.600. The van der Waals surface area contributed by atoms with Gasteiger partial charge in [-0.15, -0.1) is 0 Å². The van der Waals surface area contributed by atoms with Crippen molar-refractivity contribution in [3.8, 4) is 0 Å². The molecule has 0 spiro atoms. The summed E-state index contributed by atoms with van der Waals surface area (Å²) in [5.41, 5.74) is 53.9. The van der Waals surface area contributed by atoms with Crippen LogP contribution in [0, 0.1) is 145 Å². The summed E-state index contributed by atoms with van der Waals surface area (Å²) < 4.78 is 0. The van der Waals surface area contributed by atoms with Crippen molar-refractivity contribution in [1.29, 1.82) is 0 Å². The van der Waals surface area contributed by atoms with E-state index in [2.05, 4.69) is 503 Å². The molecule has 0 aliphatic rings. The largest absolute Gasteiger partial charge is 0.248 e. The van der Waals surface area contributed by atoms with Gasteiger partial charge in [-0.25, -0.2) is 34.9 Å². The highest BCUT2D eigenvalue weighted by Gasteiger charge is 2.32. The summed E-state index contributed by atoms with van der Waals surface area (Å²) >= 11 is 0. The fraction of sp³-hybridized carbons (Fsp3) is 0.350. The van der Waals surface area contributed by atoms with E-state index >= 15 is 0 Å². The molecule has 0 N–H and O–H groups in total. The average Bonchev–Trinajstić information content (AvgIpc) is 0.740. The van der Waals surface area contributed by atoms with Gasteiger partial charge in [-0.2, -0.15) is 0 Å². The van der Waals surface area contributed by atoms with Crippen LogP contribution in [0.2, 0.25) is 0 Å². The number of pyridine rings is 7. The van der Waals surface area contributed by atoms with Gasteiger partial charge in [0.1, 0.15) is 0 Å². The van der Waals surface area contributed by atoms with Gasteiger partial charge in [-0.3, -0.25) is 0 Å². The number of para-hydroxylation sites is 1. The van der Waals surface area contributed by atoms with Gasteiger partial charge >= 0.3 is 0 Å². The molecule has 0 unspecified atom stereocenters. The Morgan fingerprint density at radius 2 is 0.408 bits per heavy atom. The van der Waals surface area contributed by atoms with Crippen LogP contribution >= 0.6 is 0 Å². The quantitative estimate of drug-likeness (QED) is 0.140. The Kier molecular flexibility index (Phi) is 29.7. The molecule has 7 nitrogen and oxygen atoms in total. The van der Waals surface area contributed by atoms with Crippen molar-refractivity contribution < 1.29 is 0 Å². The minimum absolute atomic E-state index is 0.0814. The zero-order valence-corrected chi connectivity index (χ0v) is 96.8. The molecule has 7 aromatic heterocycles. The molecule has 0 fully saturated rings. The smallest absolute Gasteiger partial charge is 0.0744 e. The van der Waals surface area contributed by atoms with Gasteiger partial charge in [0.15, 0.2) is 0 Å². The molecule has 756 valence electrons. The molecule has 7 heterocycles. The Morgan fingerprint density at radius 3 is 0.830 bits per heavy atom. The lowest BCUT2D eigenvalue weighted by Crippen LogP contribution is -2.14. The van der Waals surface area contributed by atoms with Crippen LogP contribution < -0.4 is 0 Å². The number of hydrogen-bond donors (Lipinski definition) is 0. The summed E-state index contributed by atoms with van der Waals surface area (Å²) in [5.74, 6) is 0. The minimum Gasteiger partial charge on any atom is -0.248 e. The van der Waals surface area contributed by atoms with Crippen molar-refractivity contribution in [2.24, 2.45) is 0 Å². The predicted octanol–water partition coefficient (Wildman–Crippen LogP) is 39.3. The van der Waals surface area contributed by atoms with Crippen LogP contribution in [0.4, 0.5) is 0 Å². The normalized spacial score (nSPS) is 12.3. The molecule has 7 heteroatoms. The highest BCUT2D eigenvalue weighted by atomic mass is 14.7. The van der Waals surface area contributed by atoms with Crippen molar-refractivity contribution in [1.82, 2.24) is 34.9 Å². The molecule has 0 atom stereocenters.